The minimum Gasteiger partial charge on any atom is -0.482 e. The zero-order chi connectivity index (χ0) is 23.3. The summed E-state index contributed by atoms with van der Waals surface area (Å²) < 4.78 is 38.5. The molecule has 2 aliphatic rings. The van der Waals surface area contributed by atoms with Crippen LogP contribution in [0, 0.1) is 0 Å². The fourth-order valence-corrected chi connectivity index (χ4v) is 5.82. The van der Waals surface area contributed by atoms with Crippen molar-refractivity contribution in [3.8, 4) is 5.75 Å². The number of anilines is 1. The summed E-state index contributed by atoms with van der Waals surface area (Å²) in [5.41, 5.74) is 1.70. The van der Waals surface area contributed by atoms with Crippen molar-refractivity contribution >= 4 is 33.2 Å². The van der Waals surface area contributed by atoms with Crippen LogP contribution >= 0.6 is 11.6 Å². The van der Waals surface area contributed by atoms with E-state index in [4.69, 9.17) is 21.1 Å². The molecule has 1 N–H and O–H groups in total. The second kappa shape index (κ2) is 10.7. The minimum absolute atomic E-state index is 0.0871. The number of halogens is 1. The summed E-state index contributed by atoms with van der Waals surface area (Å²) in [4.78, 5) is 14.5. The van der Waals surface area contributed by atoms with E-state index in [1.54, 1.807) is 6.07 Å². The molecule has 2 aromatic rings. The standard InChI is InChI=1S/C23H28ClN3O5S/c24-20-16-19(33(29,30)27-11-8-18-4-1-2-5-21(18)27)6-7-22(20)32-17-23(28)25-9-3-10-26-12-14-31-15-13-26/h1-2,4-7,16H,3,8-15,17H2,(H,25,28). The van der Waals surface area contributed by atoms with E-state index in [2.05, 4.69) is 10.2 Å². The van der Waals surface area contributed by atoms with Gasteiger partial charge in [-0.1, -0.05) is 29.8 Å². The molecule has 8 nitrogen and oxygen atoms in total. The first-order chi connectivity index (χ1) is 15.9. The van der Waals surface area contributed by atoms with Crippen molar-refractivity contribution < 1.29 is 22.7 Å². The monoisotopic (exact) mass is 493 g/mol. The van der Waals surface area contributed by atoms with Crippen molar-refractivity contribution in [3.63, 3.8) is 0 Å². The summed E-state index contributed by atoms with van der Waals surface area (Å²) in [5, 5.41) is 2.97. The number of fused-ring (bicyclic) bond motifs is 1. The topological polar surface area (TPSA) is 88.2 Å². The highest BCUT2D eigenvalue weighted by molar-refractivity contribution is 7.92. The van der Waals surface area contributed by atoms with Crippen LogP contribution < -0.4 is 14.4 Å². The molecular formula is C23H28ClN3O5S. The molecule has 33 heavy (non-hydrogen) atoms. The number of sulfonamides is 1. The van der Waals surface area contributed by atoms with Gasteiger partial charge in [0.15, 0.2) is 6.61 Å². The molecule has 2 aliphatic heterocycles. The van der Waals surface area contributed by atoms with Gasteiger partial charge in [0.25, 0.3) is 15.9 Å². The third-order valence-corrected chi connectivity index (χ3v) is 7.88. The van der Waals surface area contributed by atoms with Crippen molar-refractivity contribution in [2.24, 2.45) is 0 Å². The molecule has 0 radical (unpaired) electrons. The van der Waals surface area contributed by atoms with Crippen LogP contribution in [-0.4, -0.2) is 71.8 Å². The molecule has 2 heterocycles. The van der Waals surface area contributed by atoms with Crippen molar-refractivity contribution in [1.29, 1.82) is 0 Å². The molecule has 0 atom stereocenters. The number of nitrogens with zero attached hydrogens (tertiary/aromatic N) is 2. The Morgan fingerprint density at radius 2 is 1.91 bits per heavy atom. The van der Waals surface area contributed by atoms with Gasteiger partial charge < -0.3 is 14.8 Å². The van der Waals surface area contributed by atoms with Gasteiger partial charge >= 0.3 is 0 Å². The molecular weight excluding hydrogens is 466 g/mol. The maximum atomic E-state index is 13.1. The fraction of sp³-hybridized carbons (Fsp3) is 0.435. The van der Waals surface area contributed by atoms with Crippen molar-refractivity contribution in [1.82, 2.24) is 10.2 Å². The maximum absolute atomic E-state index is 13.1. The van der Waals surface area contributed by atoms with Crippen LogP contribution in [0.15, 0.2) is 47.4 Å². The van der Waals surface area contributed by atoms with Crippen molar-refractivity contribution in [3.05, 3.63) is 53.1 Å². The average molecular weight is 494 g/mol. The number of carbonyl (C=O) groups excluding carboxylic acids is 1. The summed E-state index contributed by atoms with van der Waals surface area (Å²) >= 11 is 6.28. The summed E-state index contributed by atoms with van der Waals surface area (Å²) in [6, 6.07) is 11.8. The number of nitrogens with one attached hydrogen (secondary N) is 1. The second-order valence-corrected chi connectivity index (χ2v) is 10.3. The third-order valence-electron chi connectivity index (χ3n) is 5.77. The van der Waals surface area contributed by atoms with Gasteiger partial charge in [-0.2, -0.15) is 0 Å². The largest absolute Gasteiger partial charge is 0.482 e. The Bertz CT molecular complexity index is 1090. The highest BCUT2D eigenvalue weighted by Crippen LogP contribution is 2.35. The highest BCUT2D eigenvalue weighted by Gasteiger charge is 2.31. The molecule has 0 aliphatic carbocycles. The molecule has 0 saturated carbocycles. The van der Waals surface area contributed by atoms with E-state index in [1.165, 1.54) is 22.5 Å². The van der Waals surface area contributed by atoms with E-state index in [-0.39, 0.29) is 28.2 Å². The van der Waals surface area contributed by atoms with Crippen molar-refractivity contribution in [2.75, 3.05) is 56.8 Å². The molecule has 0 aromatic heterocycles. The van der Waals surface area contributed by atoms with Crippen LogP contribution in [0.1, 0.15) is 12.0 Å². The van der Waals surface area contributed by atoms with Gasteiger partial charge in [-0.3, -0.25) is 14.0 Å². The summed E-state index contributed by atoms with van der Waals surface area (Å²) in [6.07, 6.45) is 1.52. The first-order valence-corrected chi connectivity index (χ1v) is 12.9. The lowest BCUT2D eigenvalue weighted by molar-refractivity contribution is -0.123. The zero-order valence-electron chi connectivity index (χ0n) is 18.3. The summed E-state index contributed by atoms with van der Waals surface area (Å²) in [5.74, 6) is 0.0133. The quantitative estimate of drug-likeness (QED) is 0.539. The van der Waals surface area contributed by atoms with Gasteiger partial charge in [0.05, 0.1) is 28.8 Å². The van der Waals surface area contributed by atoms with Crippen LogP contribution in [0.2, 0.25) is 5.02 Å². The lowest BCUT2D eigenvalue weighted by Gasteiger charge is -2.26. The number of amides is 1. The highest BCUT2D eigenvalue weighted by atomic mass is 35.5. The Hall–Kier alpha value is -2.33. The summed E-state index contributed by atoms with van der Waals surface area (Å²) in [6.45, 7) is 5.03. The van der Waals surface area contributed by atoms with Crippen LogP contribution in [0.5, 0.6) is 5.75 Å². The lowest BCUT2D eigenvalue weighted by Crippen LogP contribution is -2.38. The Kier molecular flexibility index (Phi) is 7.75. The molecule has 1 fully saturated rings. The Balaban J connectivity index is 1.28. The molecule has 0 unspecified atom stereocenters. The van der Waals surface area contributed by atoms with Gasteiger partial charge in [0.2, 0.25) is 0 Å². The predicted molar refractivity (Wildman–Crippen MR) is 127 cm³/mol. The van der Waals surface area contributed by atoms with E-state index in [1.807, 2.05) is 18.2 Å². The number of ether oxygens (including phenoxy) is 2. The smallest absolute Gasteiger partial charge is 0.264 e. The van der Waals surface area contributed by atoms with E-state index < -0.39 is 10.0 Å². The number of benzene rings is 2. The van der Waals surface area contributed by atoms with E-state index in [0.29, 0.717) is 25.2 Å². The Morgan fingerprint density at radius 1 is 1.12 bits per heavy atom. The number of morpholine rings is 1. The number of carbonyl (C=O) groups is 1. The lowest BCUT2D eigenvalue weighted by atomic mass is 10.2. The van der Waals surface area contributed by atoms with Gasteiger partial charge in [-0.25, -0.2) is 8.42 Å². The van der Waals surface area contributed by atoms with Gasteiger partial charge in [0, 0.05) is 26.2 Å². The SMILES string of the molecule is O=C(COc1ccc(S(=O)(=O)N2CCc3ccccc32)cc1Cl)NCCCN1CCOCC1. The van der Waals surface area contributed by atoms with Gasteiger partial charge in [-0.15, -0.1) is 0 Å². The molecule has 2 aromatic carbocycles. The molecule has 1 saturated heterocycles. The van der Waals surface area contributed by atoms with Gasteiger partial charge in [-0.05, 0) is 49.2 Å². The van der Waals surface area contributed by atoms with Gasteiger partial charge in [0.1, 0.15) is 5.75 Å². The zero-order valence-corrected chi connectivity index (χ0v) is 19.9. The molecule has 1 amide bonds. The van der Waals surface area contributed by atoms with E-state index in [0.717, 1.165) is 44.8 Å². The third kappa shape index (κ3) is 5.78. The number of para-hydroxylation sites is 1. The molecule has 178 valence electrons. The second-order valence-electron chi connectivity index (χ2n) is 7.99. The molecule has 0 bridgehead atoms. The van der Waals surface area contributed by atoms with Crippen LogP contribution in [0.4, 0.5) is 5.69 Å². The first-order valence-electron chi connectivity index (χ1n) is 11.0. The molecule has 10 heteroatoms. The van der Waals surface area contributed by atoms with Crippen LogP contribution in [-0.2, 0) is 26.0 Å². The van der Waals surface area contributed by atoms with Crippen LogP contribution in [0.25, 0.3) is 0 Å². The Labute approximate surface area is 199 Å². The minimum atomic E-state index is -3.74. The first kappa shape index (κ1) is 23.8. The predicted octanol–water partition coefficient (Wildman–Crippen LogP) is 2.31. The van der Waals surface area contributed by atoms with Crippen LogP contribution in [0.3, 0.4) is 0 Å². The molecule has 0 spiro atoms. The molecule has 4 rings (SSSR count). The summed E-state index contributed by atoms with van der Waals surface area (Å²) in [7, 11) is -3.74. The van der Waals surface area contributed by atoms with E-state index in [9.17, 15) is 13.2 Å². The van der Waals surface area contributed by atoms with Crippen molar-refractivity contribution in [2.45, 2.75) is 17.7 Å². The fourth-order valence-electron chi connectivity index (χ4n) is 3.99. The maximum Gasteiger partial charge on any atom is 0.264 e. The Morgan fingerprint density at radius 3 is 2.70 bits per heavy atom. The number of rotatable bonds is 9. The average Bonchev–Trinajstić information content (AvgIpc) is 3.27. The normalized spacial score (nSPS) is 16.5. The van der Waals surface area contributed by atoms with E-state index >= 15 is 0 Å². The number of hydrogen-bond donors (Lipinski definition) is 1. The number of hydrogen-bond acceptors (Lipinski definition) is 6.